The lowest BCUT2D eigenvalue weighted by Gasteiger charge is -2.35. The second-order valence-corrected chi connectivity index (χ2v) is 16.7. The molecule has 1 aliphatic heterocycles. The molecule has 0 radical (unpaired) electrons. The van der Waals surface area contributed by atoms with Crippen molar-refractivity contribution in [3.05, 3.63) is 85.9 Å². The number of thiazole rings is 1. The number of nitrogens with zero attached hydrogens (tertiary/aromatic N) is 7. The van der Waals surface area contributed by atoms with E-state index in [9.17, 15) is 19.2 Å². The van der Waals surface area contributed by atoms with Crippen molar-refractivity contribution in [2.45, 2.75) is 79.2 Å². The Morgan fingerprint density at radius 1 is 0.898 bits per heavy atom. The van der Waals surface area contributed by atoms with Gasteiger partial charge in [0.15, 0.2) is 10.9 Å². The van der Waals surface area contributed by atoms with Crippen molar-refractivity contribution in [1.82, 2.24) is 34.7 Å². The van der Waals surface area contributed by atoms with Gasteiger partial charge in [0.2, 0.25) is 11.9 Å². The van der Waals surface area contributed by atoms with E-state index in [1.54, 1.807) is 17.7 Å². The van der Waals surface area contributed by atoms with Crippen LogP contribution in [0.4, 0.5) is 28.3 Å². The fraction of sp³-hybridized carbons (Fsp3) is 0.442. The van der Waals surface area contributed by atoms with Crippen LogP contribution in [0.2, 0.25) is 0 Å². The number of Topliss-reactive ketones (excluding diaryl/α,β-unsaturated/α-hetero) is 1. The lowest BCUT2D eigenvalue weighted by molar-refractivity contribution is -0.122. The van der Waals surface area contributed by atoms with Gasteiger partial charge in [0, 0.05) is 73.0 Å². The van der Waals surface area contributed by atoms with E-state index < -0.39 is 0 Å². The van der Waals surface area contributed by atoms with E-state index in [-0.39, 0.29) is 34.8 Å². The normalized spacial score (nSPS) is 14.8. The minimum absolute atomic E-state index is 0.00534. The van der Waals surface area contributed by atoms with E-state index in [0.717, 1.165) is 98.8 Å². The highest BCUT2D eigenvalue weighted by atomic mass is 32.1. The minimum Gasteiger partial charge on any atom is -0.385 e. The zero-order chi connectivity index (χ0) is 41.6. The molecular formula is C43H53N11O4S. The van der Waals surface area contributed by atoms with Crippen LogP contribution in [0.25, 0.3) is 11.0 Å². The molecule has 0 spiro atoms. The summed E-state index contributed by atoms with van der Waals surface area (Å²) in [5.41, 5.74) is 5.37. The van der Waals surface area contributed by atoms with Gasteiger partial charge in [0.25, 0.3) is 11.5 Å². The summed E-state index contributed by atoms with van der Waals surface area (Å²) in [6.45, 7) is 13.8. The number of carbonyl (C=O) groups excluding carboxylic acids is 3. The summed E-state index contributed by atoms with van der Waals surface area (Å²) in [5.74, 6) is 0.513. The monoisotopic (exact) mass is 819 g/mol. The summed E-state index contributed by atoms with van der Waals surface area (Å²) in [7, 11) is 0. The average molecular weight is 820 g/mol. The molecule has 0 bridgehead atoms. The number of hydrogen-bond donors (Lipinski definition) is 4. The predicted molar refractivity (Wildman–Crippen MR) is 234 cm³/mol. The molecule has 2 fully saturated rings. The number of hydrogen-bond acceptors (Lipinski definition) is 13. The van der Waals surface area contributed by atoms with Gasteiger partial charge in [-0.2, -0.15) is 4.98 Å². The maximum atomic E-state index is 13.6. The third-order valence-corrected chi connectivity index (χ3v) is 12.3. The third kappa shape index (κ3) is 9.77. The largest absolute Gasteiger partial charge is 0.385 e. The zero-order valence-electron chi connectivity index (χ0n) is 34.5. The summed E-state index contributed by atoms with van der Waals surface area (Å²) in [5, 5.41) is 13.9. The lowest BCUT2D eigenvalue weighted by Crippen LogP contribution is -2.49. The van der Waals surface area contributed by atoms with Crippen LogP contribution in [-0.2, 0) is 4.79 Å². The quantitative estimate of drug-likeness (QED) is 0.0684. The first-order valence-corrected chi connectivity index (χ1v) is 21.3. The Balaban J connectivity index is 0.831. The van der Waals surface area contributed by atoms with Gasteiger partial charge in [-0.3, -0.25) is 34.0 Å². The van der Waals surface area contributed by atoms with Gasteiger partial charge in [-0.05, 0) is 95.7 Å². The van der Waals surface area contributed by atoms with Crippen LogP contribution in [-0.4, -0.2) is 92.8 Å². The number of pyridine rings is 2. The summed E-state index contributed by atoms with van der Waals surface area (Å²) in [4.78, 5) is 75.5. The van der Waals surface area contributed by atoms with Gasteiger partial charge < -0.3 is 20.9 Å². The molecule has 0 unspecified atom stereocenters. The Morgan fingerprint density at radius 2 is 1.66 bits per heavy atom. The molecule has 7 rings (SSSR count). The topological polar surface area (TPSA) is 179 Å². The van der Waals surface area contributed by atoms with Crippen molar-refractivity contribution in [2.75, 3.05) is 66.7 Å². The summed E-state index contributed by atoms with van der Waals surface area (Å²) in [6.07, 6.45) is 9.04. The Morgan fingerprint density at radius 3 is 2.36 bits per heavy atom. The molecule has 59 heavy (non-hydrogen) atoms. The molecule has 16 heteroatoms. The highest BCUT2D eigenvalue weighted by molar-refractivity contribution is 7.15. The Bertz CT molecular complexity index is 2380. The number of piperazine rings is 1. The van der Waals surface area contributed by atoms with Crippen LogP contribution in [0.5, 0.6) is 0 Å². The fourth-order valence-electron chi connectivity index (χ4n) is 7.87. The van der Waals surface area contributed by atoms with Gasteiger partial charge in [-0.15, -0.1) is 11.3 Å². The number of rotatable bonds is 15. The predicted octanol–water partition coefficient (Wildman–Crippen LogP) is 6.32. The first-order valence-electron chi connectivity index (χ1n) is 20.4. The Hall–Kier alpha value is -5.74. The maximum Gasteiger partial charge on any atom is 0.263 e. The van der Waals surface area contributed by atoms with Gasteiger partial charge in [0.05, 0.1) is 29.7 Å². The molecule has 5 heterocycles. The molecule has 5 aromatic rings. The molecule has 4 N–H and O–H groups in total. The zero-order valence-corrected chi connectivity index (χ0v) is 35.3. The van der Waals surface area contributed by atoms with Crippen LogP contribution < -0.4 is 31.7 Å². The number of ketones is 1. The van der Waals surface area contributed by atoms with Crippen LogP contribution in [0.1, 0.15) is 93.9 Å². The number of carbonyl (C=O) groups is 3. The van der Waals surface area contributed by atoms with Gasteiger partial charge in [0.1, 0.15) is 11.5 Å². The number of anilines is 5. The van der Waals surface area contributed by atoms with Crippen molar-refractivity contribution in [3.63, 3.8) is 0 Å². The Labute approximate surface area is 348 Å². The molecule has 310 valence electrons. The number of amides is 2. The molecule has 1 saturated carbocycles. The first kappa shape index (κ1) is 41.4. The Kier molecular flexibility index (Phi) is 13.0. The molecule has 2 aliphatic rings. The maximum absolute atomic E-state index is 13.6. The van der Waals surface area contributed by atoms with Gasteiger partial charge in [-0.25, -0.2) is 15.0 Å². The number of benzene rings is 1. The van der Waals surface area contributed by atoms with Crippen LogP contribution in [0, 0.1) is 27.7 Å². The third-order valence-electron chi connectivity index (χ3n) is 11.3. The van der Waals surface area contributed by atoms with Gasteiger partial charge in [-0.1, -0.05) is 18.9 Å². The van der Waals surface area contributed by atoms with Crippen molar-refractivity contribution < 1.29 is 14.4 Å². The fourth-order valence-corrected chi connectivity index (χ4v) is 8.68. The van der Waals surface area contributed by atoms with Crippen molar-refractivity contribution in [3.8, 4) is 0 Å². The highest BCUT2D eigenvalue weighted by Gasteiger charge is 2.26. The molecule has 1 aliphatic carbocycles. The van der Waals surface area contributed by atoms with Crippen molar-refractivity contribution in [1.29, 1.82) is 0 Å². The van der Waals surface area contributed by atoms with Crippen molar-refractivity contribution in [2.24, 2.45) is 0 Å². The second kappa shape index (κ2) is 18.5. The second-order valence-electron chi connectivity index (χ2n) is 15.5. The number of unbranched alkanes of at least 4 members (excludes halogenated alkanes) is 1. The number of nitrogens with one attached hydrogen (secondary N) is 4. The van der Waals surface area contributed by atoms with E-state index in [0.29, 0.717) is 52.1 Å². The standard InChI is InChI=1S/C43H53N11O4S/c1-26-12-13-31(22-34(26)40(57)51-43-48-28(3)30(5)59-43)44-16-8-9-17-45-37(56)25-52-18-20-53(21-19-52)33-14-15-36(46-23-33)49-42-47-24-35-27(2)38(29(4)55)41(58)54(39(35)50-42)32-10-6-7-11-32/h12-15,22-24,32,44H,6-11,16-21,25H2,1-5H3,(H,45,56)(H,48,51,57)(H,46,47,49,50). The molecule has 1 saturated heterocycles. The van der Waals surface area contributed by atoms with E-state index in [4.69, 9.17) is 4.98 Å². The van der Waals surface area contributed by atoms with Crippen molar-refractivity contribution >= 4 is 68.2 Å². The smallest absolute Gasteiger partial charge is 0.263 e. The van der Waals surface area contributed by atoms with Crippen LogP contribution in [0.3, 0.4) is 0 Å². The number of aromatic nitrogens is 5. The molecule has 15 nitrogen and oxygen atoms in total. The van der Waals surface area contributed by atoms with Gasteiger partial charge >= 0.3 is 0 Å². The molecule has 1 aromatic carbocycles. The lowest BCUT2D eigenvalue weighted by atomic mass is 10.0. The summed E-state index contributed by atoms with van der Waals surface area (Å²) < 4.78 is 1.71. The summed E-state index contributed by atoms with van der Waals surface area (Å²) >= 11 is 1.47. The van der Waals surface area contributed by atoms with E-state index >= 15 is 0 Å². The summed E-state index contributed by atoms with van der Waals surface area (Å²) in [6, 6.07) is 9.68. The van der Waals surface area contributed by atoms with Crippen LogP contribution >= 0.6 is 11.3 Å². The first-order chi connectivity index (χ1) is 28.4. The van der Waals surface area contributed by atoms with E-state index in [1.807, 2.05) is 57.3 Å². The molecule has 0 atom stereocenters. The number of aryl methyl sites for hydroxylation is 4. The SMILES string of the molecule is CC(=O)c1c(C)c2cnc(Nc3ccc(N4CCN(CC(=O)NCCCCNc5ccc(C)c(C(=O)Nc6nc(C)c(C)s6)c5)CC4)cn3)nc2n(C2CCCC2)c1=O. The highest BCUT2D eigenvalue weighted by Crippen LogP contribution is 2.32. The average Bonchev–Trinajstić information content (AvgIpc) is 3.86. The van der Waals surface area contributed by atoms with Crippen LogP contribution in [0.15, 0.2) is 47.5 Å². The number of fused-ring (bicyclic) bond motifs is 1. The minimum atomic E-state index is -0.279. The van der Waals surface area contributed by atoms with E-state index in [1.165, 1.54) is 18.3 Å². The molecular weight excluding hydrogens is 767 g/mol. The van der Waals surface area contributed by atoms with E-state index in [2.05, 4.69) is 46.0 Å². The molecule has 2 amide bonds. The molecule has 4 aromatic heterocycles.